The van der Waals surface area contributed by atoms with Gasteiger partial charge in [0.05, 0.1) is 27.3 Å². The van der Waals surface area contributed by atoms with Crippen LogP contribution in [0.15, 0.2) is 60.8 Å². The lowest BCUT2D eigenvalue weighted by Crippen LogP contribution is -2.29. The Morgan fingerprint density at radius 1 is 0.780 bits per heavy atom. The molecule has 0 bridgehead atoms. The third-order valence-electron chi connectivity index (χ3n) is 9.37. The van der Waals surface area contributed by atoms with E-state index in [-0.39, 0.29) is 10.8 Å². The zero-order valence-corrected chi connectivity index (χ0v) is 26.5. The lowest BCUT2D eigenvalue weighted by atomic mass is 9.80. The first-order valence-corrected chi connectivity index (χ1v) is 15.3. The van der Waals surface area contributed by atoms with Gasteiger partial charge in [-0.2, -0.15) is 0 Å². The molecule has 4 aromatic carbocycles. The highest BCUT2D eigenvalue weighted by atomic mass is 15.0. The van der Waals surface area contributed by atoms with E-state index in [1.54, 1.807) is 0 Å². The molecule has 3 aromatic heterocycles. The van der Waals surface area contributed by atoms with Crippen LogP contribution in [0.3, 0.4) is 0 Å². The van der Waals surface area contributed by atoms with Gasteiger partial charge < -0.3 is 4.40 Å². The zero-order chi connectivity index (χ0) is 29.2. The number of para-hydroxylation sites is 1. The monoisotopic (exact) mass is 539 g/mol. The minimum Gasteiger partial charge on any atom is -0.307 e. The van der Waals surface area contributed by atoms with Crippen molar-refractivity contribution in [3.05, 3.63) is 83.0 Å². The summed E-state index contributed by atoms with van der Waals surface area (Å²) in [6.45, 7) is 21.2. The Balaban J connectivity index is 1.89. The number of pyridine rings is 2. The molecule has 41 heavy (non-hydrogen) atoms. The molecule has 0 radical (unpaired) electrons. The summed E-state index contributed by atoms with van der Waals surface area (Å²) in [7, 11) is 2.23. The predicted molar refractivity (Wildman–Crippen MR) is 178 cm³/mol. The van der Waals surface area contributed by atoms with Crippen LogP contribution in [0, 0.1) is 12.3 Å². The lowest BCUT2D eigenvalue weighted by Gasteiger charge is -2.26. The Bertz CT molecular complexity index is 2180. The fraction of sp³-hybridized carbons (Fsp3) is 0.359. The van der Waals surface area contributed by atoms with Gasteiger partial charge in [0.25, 0.3) is 0 Å². The van der Waals surface area contributed by atoms with E-state index in [1.165, 1.54) is 82.0 Å². The maximum atomic E-state index is 2.66. The molecule has 0 atom stereocenters. The molecule has 0 aliphatic heterocycles. The average molecular weight is 540 g/mol. The van der Waals surface area contributed by atoms with E-state index in [1.807, 2.05) is 0 Å². The Labute approximate surface area is 243 Å². The topological polar surface area (TPSA) is 8.29 Å². The summed E-state index contributed by atoms with van der Waals surface area (Å²) >= 11 is 0. The van der Waals surface area contributed by atoms with Gasteiger partial charge in [0, 0.05) is 16.8 Å². The van der Waals surface area contributed by atoms with Crippen molar-refractivity contribution in [2.24, 2.45) is 12.5 Å². The van der Waals surface area contributed by atoms with E-state index in [2.05, 4.69) is 139 Å². The van der Waals surface area contributed by atoms with Gasteiger partial charge in [-0.1, -0.05) is 91.8 Å². The van der Waals surface area contributed by atoms with E-state index in [0.29, 0.717) is 5.92 Å². The van der Waals surface area contributed by atoms with Crippen molar-refractivity contribution in [3.63, 3.8) is 0 Å². The van der Waals surface area contributed by atoms with E-state index < -0.39 is 0 Å². The molecule has 0 spiro atoms. The van der Waals surface area contributed by atoms with Gasteiger partial charge in [0.15, 0.2) is 6.20 Å². The van der Waals surface area contributed by atoms with Crippen LogP contribution in [0.25, 0.3) is 59.8 Å². The minimum absolute atomic E-state index is 0.0913. The highest BCUT2D eigenvalue weighted by Gasteiger charge is 2.30. The molecular formula is C39H43N2+. The second kappa shape index (κ2) is 8.44. The summed E-state index contributed by atoms with van der Waals surface area (Å²) in [6.07, 6.45) is 3.28. The second-order valence-corrected chi connectivity index (χ2v) is 15.0. The molecular weight excluding hydrogens is 496 g/mol. The van der Waals surface area contributed by atoms with Gasteiger partial charge in [-0.3, -0.25) is 0 Å². The van der Waals surface area contributed by atoms with Crippen LogP contribution in [0.4, 0.5) is 0 Å². The smallest absolute Gasteiger partial charge is 0.224 e. The molecule has 3 heterocycles. The standard InChI is InChI=1S/C39H43N2/c1-22(2)28-19-24-17-18-40(10)36-32-23(3)29-20-25(39(7,8)9)15-16-26(29)30(21-38(4,5)6)35(32)41-31-14-12-11-13-27(31)34(28)37(41)33(24)36/h11-20,22H,21H2,1-10H3/q+1. The second-order valence-electron chi connectivity index (χ2n) is 15.0. The molecule has 0 aliphatic carbocycles. The van der Waals surface area contributed by atoms with Crippen molar-refractivity contribution in [3.8, 4) is 0 Å². The molecule has 208 valence electrons. The summed E-state index contributed by atoms with van der Waals surface area (Å²) in [5.74, 6) is 0.431. The van der Waals surface area contributed by atoms with Crippen LogP contribution in [0.2, 0.25) is 0 Å². The molecule has 0 fully saturated rings. The zero-order valence-electron chi connectivity index (χ0n) is 26.5. The molecule has 2 nitrogen and oxygen atoms in total. The molecule has 0 unspecified atom stereocenters. The van der Waals surface area contributed by atoms with Crippen LogP contribution in [0.5, 0.6) is 0 Å². The van der Waals surface area contributed by atoms with Crippen molar-refractivity contribution in [2.45, 2.75) is 80.1 Å². The van der Waals surface area contributed by atoms with Crippen molar-refractivity contribution < 1.29 is 4.57 Å². The number of aromatic nitrogens is 2. The highest BCUT2D eigenvalue weighted by Crippen LogP contribution is 2.47. The van der Waals surface area contributed by atoms with Crippen LogP contribution < -0.4 is 4.57 Å². The highest BCUT2D eigenvalue weighted by molar-refractivity contribution is 6.29. The summed E-state index contributed by atoms with van der Waals surface area (Å²) in [5.41, 5.74) is 11.3. The summed E-state index contributed by atoms with van der Waals surface area (Å²) < 4.78 is 5.04. The Morgan fingerprint density at radius 2 is 1.51 bits per heavy atom. The molecule has 7 aromatic rings. The largest absolute Gasteiger partial charge is 0.307 e. The van der Waals surface area contributed by atoms with Gasteiger partial charge in [-0.05, 0) is 80.6 Å². The Kier molecular flexibility index (Phi) is 5.41. The van der Waals surface area contributed by atoms with Gasteiger partial charge in [0.2, 0.25) is 5.52 Å². The normalized spacial score (nSPS) is 13.4. The first-order chi connectivity index (χ1) is 19.3. The van der Waals surface area contributed by atoms with Crippen LogP contribution >= 0.6 is 0 Å². The van der Waals surface area contributed by atoms with E-state index in [0.717, 1.165) is 6.42 Å². The van der Waals surface area contributed by atoms with Crippen molar-refractivity contribution in [2.75, 3.05) is 0 Å². The van der Waals surface area contributed by atoms with Crippen LogP contribution in [-0.4, -0.2) is 4.40 Å². The molecule has 7 rings (SSSR count). The predicted octanol–water partition coefficient (Wildman–Crippen LogP) is 10.3. The number of nitrogens with zero attached hydrogens (tertiary/aromatic N) is 2. The lowest BCUT2D eigenvalue weighted by molar-refractivity contribution is -0.643. The SMILES string of the molecule is Cc1c2cc(C(C)(C)C)ccc2c(CC(C)(C)C)c2c1c1c3c(cc[n+]1C)cc(C(C)C)c1c4ccccc4n2c13. The maximum absolute atomic E-state index is 2.66. The quantitative estimate of drug-likeness (QED) is 0.117. The summed E-state index contributed by atoms with van der Waals surface area (Å²) in [4.78, 5) is 0. The van der Waals surface area contributed by atoms with Gasteiger partial charge in [0.1, 0.15) is 7.05 Å². The number of benzene rings is 4. The van der Waals surface area contributed by atoms with Gasteiger partial charge in [-0.25, -0.2) is 4.57 Å². The maximum Gasteiger partial charge on any atom is 0.224 e. The van der Waals surface area contributed by atoms with Crippen molar-refractivity contribution in [1.82, 2.24) is 4.40 Å². The average Bonchev–Trinajstić information content (AvgIpc) is 3.24. The third-order valence-corrected chi connectivity index (χ3v) is 9.37. The molecule has 0 saturated carbocycles. The van der Waals surface area contributed by atoms with Crippen molar-refractivity contribution in [1.29, 1.82) is 0 Å². The van der Waals surface area contributed by atoms with Crippen LogP contribution in [0.1, 0.15) is 83.6 Å². The number of aryl methyl sites for hydroxylation is 2. The first kappa shape index (κ1) is 26.3. The molecule has 2 heteroatoms. The van der Waals surface area contributed by atoms with E-state index in [4.69, 9.17) is 0 Å². The number of hydrogen-bond acceptors (Lipinski definition) is 0. The van der Waals surface area contributed by atoms with E-state index in [9.17, 15) is 0 Å². The third kappa shape index (κ3) is 3.65. The minimum atomic E-state index is 0.0913. The summed E-state index contributed by atoms with van der Waals surface area (Å²) in [6, 6.07) is 21.2. The number of rotatable bonds is 2. The number of fused-ring (bicyclic) bond motifs is 7. The van der Waals surface area contributed by atoms with Crippen LogP contribution in [-0.2, 0) is 18.9 Å². The van der Waals surface area contributed by atoms with E-state index >= 15 is 0 Å². The fourth-order valence-electron chi connectivity index (χ4n) is 7.45. The summed E-state index contributed by atoms with van der Waals surface area (Å²) in [5, 5.41) is 9.68. The van der Waals surface area contributed by atoms with Gasteiger partial charge in [-0.15, -0.1) is 0 Å². The fourth-order valence-corrected chi connectivity index (χ4v) is 7.45. The first-order valence-electron chi connectivity index (χ1n) is 15.3. The molecule has 0 N–H and O–H groups in total. The Hall–Kier alpha value is -3.65. The Morgan fingerprint density at radius 3 is 2.20 bits per heavy atom. The molecule has 0 saturated heterocycles. The molecule has 0 amide bonds. The molecule has 0 aliphatic rings. The van der Waals surface area contributed by atoms with Crippen molar-refractivity contribution >= 4 is 59.8 Å². The van der Waals surface area contributed by atoms with Gasteiger partial charge >= 0.3 is 0 Å². The number of hydrogen-bond donors (Lipinski definition) is 0.